The molecule has 0 N–H and O–H groups in total. The number of hydrogen-bond donors (Lipinski definition) is 0. The van der Waals surface area contributed by atoms with Crippen LogP contribution in [0.4, 0.5) is 13.2 Å². The third-order valence-corrected chi connectivity index (χ3v) is 2.64. The summed E-state index contributed by atoms with van der Waals surface area (Å²) in [5.41, 5.74) is 1.10. The number of nitrogens with zero attached hydrogens (tertiary/aromatic N) is 2. The molecule has 0 aliphatic rings. The minimum atomic E-state index is -4.86. The molecule has 19 heavy (non-hydrogen) atoms. The molecule has 2 aromatic rings. The van der Waals surface area contributed by atoms with E-state index in [0.717, 1.165) is 12.4 Å². The minimum Gasteiger partial charge on any atom is -0.332 e. The maximum Gasteiger partial charge on any atom is 0.471 e. The van der Waals surface area contributed by atoms with Gasteiger partial charge in [0, 0.05) is 12.4 Å². The number of hydrogen-bond acceptors (Lipinski definition) is 2. The highest BCUT2D eigenvalue weighted by Crippen LogP contribution is 2.19. The lowest BCUT2D eigenvalue weighted by molar-refractivity contribution is -0.184. The quantitative estimate of drug-likeness (QED) is 0.839. The summed E-state index contributed by atoms with van der Waals surface area (Å²) in [4.78, 5) is 15.8. The van der Waals surface area contributed by atoms with E-state index in [4.69, 9.17) is 0 Å². The van der Waals surface area contributed by atoms with Crippen molar-refractivity contribution in [3.8, 4) is 0 Å². The Hall–Kier alpha value is -2.11. The molecule has 2 rings (SSSR count). The van der Waals surface area contributed by atoms with Gasteiger partial charge in [0.1, 0.15) is 0 Å². The fourth-order valence-electron chi connectivity index (χ4n) is 1.73. The zero-order valence-corrected chi connectivity index (χ0v) is 10.1. The first-order chi connectivity index (χ1) is 8.88. The van der Waals surface area contributed by atoms with Gasteiger partial charge in [0.25, 0.3) is 0 Å². The Morgan fingerprint density at radius 1 is 1.21 bits per heavy atom. The summed E-state index contributed by atoms with van der Waals surface area (Å²) < 4.78 is 36.7. The number of halogens is 3. The molecular formula is C13H11F3N2O. The zero-order valence-electron chi connectivity index (χ0n) is 10.1. The maximum absolute atomic E-state index is 12.2. The van der Waals surface area contributed by atoms with E-state index in [0.29, 0.717) is 16.1 Å². The highest BCUT2D eigenvalue weighted by molar-refractivity contribution is 5.82. The first kappa shape index (κ1) is 13.3. The largest absolute Gasteiger partial charge is 0.471 e. The molecule has 0 saturated carbocycles. The number of para-hydroxylation sites is 1. The predicted molar refractivity (Wildman–Crippen MR) is 64.3 cm³/mol. The van der Waals surface area contributed by atoms with Crippen LogP contribution in [0.15, 0.2) is 36.4 Å². The third-order valence-electron chi connectivity index (χ3n) is 2.64. The second-order valence-electron chi connectivity index (χ2n) is 4.15. The van der Waals surface area contributed by atoms with Crippen LogP contribution in [-0.2, 0) is 11.3 Å². The molecule has 100 valence electrons. The summed E-state index contributed by atoms with van der Waals surface area (Å²) in [5.74, 6) is -1.87. The van der Waals surface area contributed by atoms with Crippen molar-refractivity contribution in [1.82, 2.24) is 9.88 Å². The third kappa shape index (κ3) is 3.01. The number of pyridine rings is 1. The van der Waals surface area contributed by atoms with Crippen LogP contribution in [0.5, 0.6) is 0 Å². The topological polar surface area (TPSA) is 33.2 Å². The van der Waals surface area contributed by atoms with Gasteiger partial charge in [-0.1, -0.05) is 24.3 Å². The van der Waals surface area contributed by atoms with Crippen molar-refractivity contribution in [1.29, 1.82) is 0 Å². The molecule has 0 atom stereocenters. The summed E-state index contributed by atoms with van der Waals surface area (Å²) in [7, 11) is 1.10. The van der Waals surface area contributed by atoms with E-state index in [1.54, 1.807) is 24.3 Å². The van der Waals surface area contributed by atoms with Gasteiger partial charge in [0.15, 0.2) is 0 Å². The second-order valence-corrected chi connectivity index (χ2v) is 4.15. The Morgan fingerprint density at radius 2 is 1.89 bits per heavy atom. The number of amides is 1. The number of carbonyl (C=O) groups excluding carboxylic acids is 1. The van der Waals surface area contributed by atoms with Crippen LogP contribution in [0, 0.1) is 0 Å². The highest BCUT2D eigenvalue weighted by Gasteiger charge is 2.41. The van der Waals surface area contributed by atoms with Gasteiger partial charge >= 0.3 is 12.1 Å². The lowest BCUT2D eigenvalue weighted by Gasteiger charge is -2.18. The van der Waals surface area contributed by atoms with Crippen LogP contribution in [0.25, 0.3) is 10.9 Å². The highest BCUT2D eigenvalue weighted by atomic mass is 19.4. The molecule has 0 aliphatic heterocycles. The smallest absolute Gasteiger partial charge is 0.332 e. The lowest BCUT2D eigenvalue weighted by atomic mass is 10.2. The molecule has 1 amide bonds. The van der Waals surface area contributed by atoms with Gasteiger partial charge in [-0.15, -0.1) is 0 Å². The summed E-state index contributed by atoms with van der Waals surface area (Å²) in [6.07, 6.45) is -4.86. The molecule has 1 heterocycles. The number of aromatic nitrogens is 1. The van der Waals surface area contributed by atoms with Crippen LogP contribution in [0.2, 0.25) is 0 Å². The summed E-state index contributed by atoms with van der Waals surface area (Å²) in [5, 5.41) is 0.899. The predicted octanol–water partition coefficient (Wildman–Crippen LogP) is 2.76. The number of carbonyl (C=O) groups is 1. The van der Waals surface area contributed by atoms with Crippen LogP contribution in [0.1, 0.15) is 5.69 Å². The summed E-state index contributed by atoms with van der Waals surface area (Å²) in [6.45, 7) is -0.177. The molecule has 0 radical (unpaired) electrons. The summed E-state index contributed by atoms with van der Waals surface area (Å²) >= 11 is 0. The van der Waals surface area contributed by atoms with Crippen molar-refractivity contribution in [3.63, 3.8) is 0 Å². The minimum absolute atomic E-state index is 0.177. The van der Waals surface area contributed by atoms with E-state index in [-0.39, 0.29) is 6.54 Å². The van der Waals surface area contributed by atoms with Crippen LogP contribution >= 0.6 is 0 Å². The Kier molecular flexibility index (Phi) is 3.42. The van der Waals surface area contributed by atoms with E-state index < -0.39 is 12.1 Å². The van der Waals surface area contributed by atoms with E-state index in [2.05, 4.69) is 4.98 Å². The van der Waals surface area contributed by atoms with Crippen LogP contribution < -0.4 is 0 Å². The number of rotatable bonds is 2. The molecule has 0 unspecified atom stereocenters. The first-order valence-electron chi connectivity index (χ1n) is 5.55. The van der Waals surface area contributed by atoms with E-state index >= 15 is 0 Å². The molecule has 0 bridgehead atoms. The van der Waals surface area contributed by atoms with Crippen molar-refractivity contribution in [3.05, 3.63) is 42.1 Å². The van der Waals surface area contributed by atoms with Crippen LogP contribution in [0.3, 0.4) is 0 Å². The average Bonchev–Trinajstić information content (AvgIpc) is 2.36. The van der Waals surface area contributed by atoms with Crippen molar-refractivity contribution >= 4 is 16.8 Å². The maximum atomic E-state index is 12.2. The fraction of sp³-hybridized carbons (Fsp3) is 0.231. The zero-order chi connectivity index (χ0) is 14.0. The Morgan fingerprint density at radius 3 is 2.58 bits per heavy atom. The Bertz CT molecular complexity index is 610. The number of fused-ring (bicyclic) bond motifs is 1. The second kappa shape index (κ2) is 4.87. The summed E-state index contributed by atoms with van der Waals surface area (Å²) in [6, 6.07) is 10.7. The van der Waals surface area contributed by atoms with Gasteiger partial charge in [-0.3, -0.25) is 9.78 Å². The van der Waals surface area contributed by atoms with Gasteiger partial charge in [-0.2, -0.15) is 13.2 Å². The molecule has 6 heteroatoms. The van der Waals surface area contributed by atoms with Gasteiger partial charge < -0.3 is 4.90 Å². The molecule has 3 nitrogen and oxygen atoms in total. The SMILES string of the molecule is CN(Cc1ccc2ccccc2n1)C(=O)C(F)(F)F. The van der Waals surface area contributed by atoms with Crippen molar-refractivity contribution in [2.24, 2.45) is 0 Å². The van der Waals surface area contributed by atoms with E-state index in [1.807, 2.05) is 12.1 Å². The molecule has 1 aromatic heterocycles. The number of alkyl halides is 3. The molecule has 0 saturated heterocycles. The van der Waals surface area contributed by atoms with E-state index in [1.165, 1.54) is 0 Å². The average molecular weight is 268 g/mol. The Labute approximate surface area is 107 Å². The monoisotopic (exact) mass is 268 g/mol. The normalized spacial score (nSPS) is 11.6. The molecule has 0 spiro atoms. The first-order valence-corrected chi connectivity index (χ1v) is 5.55. The van der Waals surface area contributed by atoms with Gasteiger partial charge in [0.05, 0.1) is 17.8 Å². The molecule has 0 fully saturated rings. The number of benzene rings is 1. The van der Waals surface area contributed by atoms with Crippen LogP contribution in [-0.4, -0.2) is 29.0 Å². The Balaban J connectivity index is 2.19. The van der Waals surface area contributed by atoms with Crippen molar-refractivity contribution in [2.45, 2.75) is 12.7 Å². The van der Waals surface area contributed by atoms with E-state index in [9.17, 15) is 18.0 Å². The standard InChI is InChI=1S/C13H11F3N2O/c1-18(12(19)13(14,15)16)8-10-7-6-9-4-2-3-5-11(9)17-10/h2-7H,8H2,1H3. The van der Waals surface area contributed by atoms with Crippen molar-refractivity contribution < 1.29 is 18.0 Å². The molecule has 1 aromatic carbocycles. The lowest BCUT2D eigenvalue weighted by Crippen LogP contribution is -2.38. The van der Waals surface area contributed by atoms with Gasteiger partial charge in [-0.25, -0.2) is 0 Å². The van der Waals surface area contributed by atoms with Gasteiger partial charge in [-0.05, 0) is 12.1 Å². The van der Waals surface area contributed by atoms with Gasteiger partial charge in [0.2, 0.25) is 0 Å². The molecular weight excluding hydrogens is 257 g/mol. The fourth-order valence-corrected chi connectivity index (χ4v) is 1.73. The molecule has 0 aliphatic carbocycles. The van der Waals surface area contributed by atoms with Crippen molar-refractivity contribution in [2.75, 3.05) is 7.05 Å².